The highest BCUT2D eigenvalue weighted by Gasteiger charge is 2.36. The van der Waals surface area contributed by atoms with Gasteiger partial charge in [-0.2, -0.15) is 5.10 Å². The molecule has 8 heteroatoms. The van der Waals surface area contributed by atoms with Gasteiger partial charge in [-0.3, -0.25) is 9.69 Å². The summed E-state index contributed by atoms with van der Waals surface area (Å²) in [6.07, 6.45) is 0.563. The van der Waals surface area contributed by atoms with E-state index < -0.39 is 13.0 Å². The van der Waals surface area contributed by atoms with Crippen LogP contribution in [-0.2, 0) is 4.79 Å². The van der Waals surface area contributed by atoms with E-state index in [2.05, 4.69) is 10.4 Å². The fraction of sp³-hybridized carbons (Fsp3) is 0.545. The van der Waals surface area contributed by atoms with E-state index in [0.717, 1.165) is 23.9 Å². The first kappa shape index (κ1) is 15.7. The number of aromatic nitrogens is 2. The second-order valence-corrected chi connectivity index (χ2v) is 9.01. The van der Waals surface area contributed by atoms with Gasteiger partial charge in [0, 0.05) is 57.0 Å². The van der Waals surface area contributed by atoms with Crippen LogP contribution in [0.25, 0.3) is 5.69 Å². The number of benzene rings is 1. The molecule has 0 aliphatic carbocycles. The van der Waals surface area contributed by atoms with Crippen molar-refractivity contribution in [2.45, 2.75) is 25.4 Å². The molecule has 0 bridgehead atoms. The molecule has 2 atom stereocenters. The number of nitrogens with one attached hydrogen (secondary N) is 1. The van der Waals surface area contributed by atoms with Gasteiger partial charge in [0.1, 0.15) is 5.82 Å². The van der Waals surface area contributed by atoms with Crippen LogP contribution in [0.5, 0.6) is 0 Å². The monoisotopic (exact) mass is 430 g/mol. The highest BCUT2D eigenvalue weighted by molar-refractivity contribution is 7.99. The van der Waals surface area contributed by atoms with E-state index in [1.165, 1.54) is 4.90 Å². The standard InChI is InChI=1S/C22H30N6OS/c1-17-13-21(28(24-17)18-5-3-2-4-6-18)26-9-7-25(8-10-26)19-14-20(23-15-19)22(29)27-11-12-30-16-27/h2-6,13,19-20,23H,7-12,14-16H2,1H3/i9D2,10D2. The Balaban J connectivity index is 1.37. The highest BCUT2D eigenvalue weighted by atomic mass is 32.2. The number of hydrogen-bond acceptors (Lipinski definition) is 6. The molecule has 3 saturated heterocycles. The van der Waals surface area contributed by atoms with E-state index in [1.807, 2.05) is 47.1 Å². The number of aryl methyl sites for hydroxylation is 1. The molecule has 2 aromatic rings. The number of rotatable bonds is 4. The van der Waals surface area contributed by atoms with E-state index >= 15 is 0 Å². The van der Waals surface area contributed by atoms with Gasteiger partial charge >= 0.3 is 0 Å². The maximum Gasteiger partial charge on any atom is 0.240 e. The molecule has 0 radical (unpaired) electrons. The second kappa shape index (κ2) is 8.61. The third-order valence-corrected chi connectivity index (χ3v) is 6.86. The molecule has 1 aromatic heterocycles. The molecule has 30 heavy (non-hydrogen) atoms. The van der Waals surface area contributed by atoms with Crippen molar-refractivity contribution in [3.05, 3.63) is 42.1 Å². The van der Waals surface area contributed by atoms with Gasteiger partial charge < -0.3 is 15.1 Å². The summed E-state index contributed by atoms with van der Waals surface area (Å²) in [4.78, 5) is 17.8. The molecule has 7 nitrogen and oxygen atoms in total. The van der Waals surface area contributed by atoms with Crippen molar-refractivity contribution in [3.8, 4) is 5.69 Å². The van der Waals surface area contributed by atoms with Crippen LogP contribution in [0.4, 0.5) is 5.82 Å². The van der Waals surface area contributed by atoms with Gasteiger partial charge in [0.2, 0.25) is 5.91 Å². The molecule has 1 amide bonds. The molecule has 4 heterocycles. The fourth-order valence-electron chi connectivity index (χ4n) is 4.25. The first-order chi connectivity index (χ1) is 16.2. The molecular weight excluding hydrogens is 396 g/mol. The van der Waals surface area contributed by atoms with E-state index in [1.54, 1.807) is 22.5 Å². The Labute approximate surface area is 188 Å². The van der Waals surface area contributed by atoms with Gasteiger partial charge in [-0.05, 0) is 25.5 Å². The van der Waals surface area contributed by atoms with Crippen molar-refractivity contribution in [3.63, 3.8) is 0 Å². The van der Waals surface area contributed by atoms with Crippen LogP contribution in [0.15, 0.2) is 36.4 Å². The Morgan fingerprint density at radius 1 is 1.23 bits per heavy atom. The Bertz CT molecular complexity index is 1030. The van der Waals surface area contributed by atoms with Gasteiger partial charge in [-0.25, -0.2) is 4.68 Å². The maximum atomic E-state index is 12.8. The average molecular weight is 431 g/mol. The zero-order valence-corrected chi connectivity index (χ0v) is 17.9. The van der Waals surface area contributed by atoms with Crippen LogP contribution in [-0.4, -0.2) is 88.4 Å². The van der Waals surface area contributed by atoms with Crippen molar-refractivity contribution in [2.24, 2.45) is 0 Å². The number of hydrogen-bond donors (Lipinski definition) is 1. The number of carbonyl (C=O) groups is 1. The maximum absolute atomic E-state index is 12.8. The number of nitrogens with zero attached hydrogens (tertiary/aromatic N) is 5. The van der Waals surface area contributed by atoms with Crippen molar-refractivity contribution >= 4 is 23.5 Å². The minimum absolute atomic E-state index is 0.0400. The lowest BCUT2D eigenvalue weighted by atomic mass is 10.1. The summed E-state index contributed by atoms with van der Waals surface area (Å²) in [5.41, 5.74) is 1.44. The second-order valence-electron chi connectivity index (χ2n) is 7.94. The smallest absolute Gasteiger partial charge is 0.240 e. The molecule has 1 N–H and O–H groups in total. The van der Waals surface area contributed by atoms with E-state index in [0.29, 0.717) is 24.5 Å². The molecule has 5 rings (SSSR count). The molecule has 0 saturated carbocycles. The molecule has 3 fully saturated rings. The summed E-state index contributed by atoms with van der Waals surface area (Å²) in [5, 5.41) is 7.82. The molecule has 0 spiro atoms. The lowest BCUT2D eigenvalue weighted by molar-refractivity contribution is -0.131. The van der Waals surface area contributed by atoms with Gasteiger partial charge in [0.05, 0.1) is 28.8 Å². The quantitative estimate of drug-likeness (QED) is 0.795. The lowest BCUT2D eigenvalue weighted by Gasteiger charge is -2.38. The fourth-order valence-corrected chi connectivity index (χ4v) is 5.21. The summed E-state index contributed by atoms with van der Waals surface area (Å²) >= 11 is 1.75. The molecule has 3 aliphatic heterocycles. The van der Waals surface area contributed by atoms with E-state index in [4.69, 9.17) is 5.48 Å². The highest BCUT2D eigenvalue weighted by Crippen LogP contribution is 2.25. The van der Waals surface area contributed by atoms with Crippen LogP contribution >= 0.6 is 11.8 Å². The molecular formula is C22H30N6OS. The third-order valence-electron chi connectivity index (χ3n) is 5.89. The third kappa shape index (κ3) is 3.96. The van der Waals surface area contributed by atoms with Crippen molar-refractivity contribution in [2.75, 3.05) is 55.7 Å². The first-order valence-corrected chi connectivity index (χ1v) is 11.6. The first-order valence-electron chi connectivity index (χ1n) is 12.4. The number of carbonyl (C=O) groups excluding carboxylic acids is 1. The number of anilines is 1. The van der Waals surface area contributed by atoms with Gasteiger partial charge in [-0.1, -0.05) is 18.2 Å². The predicted molar refractivity (Wildman–Crippen MR) is 121 cm³/mol. The number of amides is 1. The van der Waals surface area contributed by atoms with E-state index in [-0.39, 0.29) is 31.1 Å². The van der Waals surface area contributed by atoms with Crippen molar-refractivity contribution < 1.29 is 10.3 Å². The Morgan fingerprint density at radius 3 is 2.77 bits per heavy atom. The molecule has 2 unspecified atom stereocenters. The van der Waals surface area contributed by atoms with Crippen LogP contribution in [0.3, 0.4) is 0 Å². The van der Waals surface area contributed by atoms with Gasteiger partial charge in [-0.15, -0.1) is 11.8 Å². The number of thioether (sulfide) groups is 1. The minimum Gasteiger partial charge on any atom is -0.354 e. The number of para-hydroxylation sites is 1. The summed E-state index contributed by atoms with van der Waals surface area (Å²) in [7, 11) is 0. The number of piperazine rings is 1. The van der Waals surface area contributed by atoms with Gasteiger partial charge in [0.15, 0.2) is 0 Å². The van der Waals surface area contributed by atoms with Crippen LogP contribution in [0.2, 0.25) is 0 Å². The Kier molecular flexibility index (Phi) is 4.51. The van der Waals surface area contributed by atoms with E-state index in [9.17, 15) is 4.79 Å². The molecule has 160 valence electrons. The summed E-state index contributed by atoms with van der Waals surface area (Å²) in [6, 6.07) is 10.7. The average Bonchev–Trinajstić information content (AvgIpc) is 3.53. The van der Waals surface area contributed by atoms with Crippen molar-refractivity contribution in [1.82, 2.24) is 24.9 Å². The normalized spacial score (nSPS) is 30.6. The summed E-state index contributed by atoms with van der Waals surface area (Å²) in [5.74, 6) is 2.17. The zero-order chi connectivity index (χ0) is 24.1. The summed E-state index contributed by atoms with van der Waals surface area (Å²) < 4.78 is 37.1. The zero-order valence-electron chi connectivity index (χ0n) is 21.1. The van der Waals surface area contributed by atoms with Crippen LogP contribution in [0, 0.1) is 6.92 Å². The minimum atomic E-state index is -1.98. The lowest BCUT2D eigenvalue weighted by Crippen LogP contribution is -2.51. The Hall–Kier alpha value is -2.03. The van der Waals surface area contributed by atoms with Gasteiger partial charge in [0.25, 0.3) is 0 Å². The van der Waals surface area contributed by atoms with Crippen LogP contribution < -0.4 is 10.2 Å². The Morgan fingerprint density at radius 2 is 2.03 bits per heavy atom. The molecule has 1 aromatic carbocycles. The molecule has 3 aliphatic rings. The van der Waals surface area contributed by atoms with Crippen molar-refractivity contribution in [1.29, 1.82) is 0 Å². The van der Waals surface area contributed by atoms with Crippen LogP contribution in [0.1, 0.15) is 17.6 Å². The summed E-state index contributed by atoms with van der Waals surface area (Å²) in [6.45, 7) is -0.737. The predicted octanol–water partition coefficient (Wildman–Crippen LogP) is 1.57. The largest absolute Gasteiger partial charge is 0.354 e. The SMILES string of the molecule is [2H]C1([2H])CN(C2CNC(C(=O)N3CCSC3)C2)CC([2H])([2H])N1c1cc(C)nn1-c1ccccc1. The topological polar surface area (TPSA) is 56.6 Å².